The first-order chi connectivity index (χ1) is 14.4. The van der Waals surface area contributed by atoms with Crippen LogP contribution in [0.5, 0.6) is 5.75 Å². The number of halogens is 1. The number of hydrogen-bond donors (Lipinski definition) is 1. The van der Waals surface area contributed by atoms with Gasteiger partial charge in [0.25, 0.3) is 0 Å². The Morgan fingerprint density at radius 2 is 1.70 bits per heavy atom. The molecule has 1 N–H and O–H groups in total. The van der Waals surface area contributed by atoms with Gasteiger partial charge in [-0.2, -0.15) is 0 Å². The highest BCUT2D eigenvalue weighted by Crippen LogP contribution is 2.17. The number of nitrogens with zero attached hydrogens (tertiary/aromatic N) is 3. The van der Waals surface area contributed by atoms with Gasteiger partial charge >= 0.3 is 0 Å². The average Bonchev–Trinajstić information content (AvgIpc) is 2.74. The van der Waals surface area contributed by atoms with Gasteiger partial charge in [0, 0.05) is 45.2 Å². The van der Waals surface area contributed by atoms with Gasteiger partial charge in [0.2, 0.25) is 0 Å². The summed E-state index contributed by atoms with van der Waals surface area (Å²) in [7, 11) is -1.46. The van der Waals surface area contributed by atoms with E-state index in [1.165, 1.54) is 30.5 Å². The van der Waals surface area contributed by atoms with E-state index in [9.17, 15) is 12.8 Å². The smallest absolute Gasteiger partial charge is 0.193 e. The minimum atomic E-state index is -3.20. The maximum absolute atomic E-state index is 13.1. The van der Waals surface area contributed by atoms with E-state index in [-0.39, 0.29) is 10.7 Å². The number of nitrogens with one attached hydrogen (secondary N) is 1. The molecule has 0 unspecified atom stereocenters. The lowest BCUT2D eigenvalue weighted by molar-refractivity contribution is 0.315. The Hall–Kier alpha value is -2.81. The number of guanidine groups is 1. The van der Waals surface area contributed by atoms with Crippen molar-refractivity contribution in [2.45, 2.75) is 4.90 Å². The van der Waals surface area contributed by atoms with Crippen molar-refractivity contribution in [2.75, 3.05) is 57.5 Å². The molecular formula is C21H27FN4O3S. The van der Waals surface area contributed by atoms with Gasteiger partial charge in [-0.15, -0.1) is 0 Å². The molecule has 3 rings (SSSR count). The van der Waals surface area contributed by atoms with Crippen molar-refractivity contribution in [1.29, 1.82) is 0 Å². The lowest BCUT2D eigenvalue weighted by atomic mass is 10.2. The number of ether oxygens (including phenoxy) is 1. The van der Waals surface area contributed by atoms with Crippen LogP contribution in [0.1, 0.15) is 0 Å². The third-order valence-electron chi connectivity index (χ3n) is 4.89. The second kappa shape index (κ2) is 9.80. The second-order valence-electron chi connectivity index (χ2n) is 7.02. The molecule has 0 aliphatic carbocycles. The number of hydrogen-bond acceptors (Lipinski definition) is 5. The van der Waals surface area contributed by atoms with Crippen molar-refractivity contribution in [2.24, 2.45) is 4.99 Å². The minimum absolute atomic E-state index is 0.226. The summed E-state index contributed by atoms with van der Waals surface area (Å²) in [6, 6.07) is 13.0. The zero-order valence-corrected chi connectivity index (χ0v) is 18.0. The van der Waals surface area contributed by atoms with Crippen molar-refractivity contribution in [3.63, 3.8) is 0 Å². The van der Waals surface area contributed by atoms with Crippen LogP contribution in [0.15, 0.2) is 58.4 Å². The zero-order chi connectivity index (χ0) is 21.6. The number of piperazine rings is 1. The SMILES string of the molecule is CN=C(NCCOc1ccc(S(C)(=O)=O)cc1)N1CCN(c2ccc(F)cc2)CC1. The lowest BCUT2D eigenvalue weighted by Crippen LogP contribution is -2.53. The maximum atomic E-state index is 13.1. The Morgan fingerprint density at radius 3 is 2.27 bits per heavy atom. The fourth-order valence-corrected chi connectivity index (χ4v) is 3.91. The van der Waals surface area contributed by atoms with E-state index in [0.29, 0.717) is 18.9 Å². The number of aliphatic imine (C=N–C) groups is 1. The Kier molecular flexibility index (Phi) is 7.15. The first kappa shape index (κ1) is 21.9. The van der Waals surface area contributed by atoms with Crippen molar-refractivity contribution in [3.8, 4) is 5.75 Å². The van der Waals surface area contributed by atoms with Gasteiger partial charge in [-0.3, -0.25) is 4.99 Å². The summed E-state index contributed by atoms with van der Waals surface area (Å²) in [5, 5.41) is 3.29. The van der Waals surface area contributed by atoms with Crippen molar-refractivity contribution >= 4 is 21.5 Å². The van der Waals surface area contributed by atoms with Crippen LogP contribution in [-0.2, 0) is 9.84 Å². The minimum Gasteiger partial charge on any atom is -0.492 e. The lowest BCUT2D eigenvalue weighted by Gasteiger charge is -2.37. The van der Waals surface area contributed by atoms with Gasteiger partial charge in [0.1, 0.15) is 18.2 Å². The average molecular weight is 435 g/mol. The predicted molar refractivity (Wildman–Crippen MR) is 117 cm³/mol. The fraction of sp³-hybridized carbons (Fsp3) is 0.381. The molecule has 162 valence electrons. The van der Waals surface area contributed by atoms with Crippen LogP contribution >= 0.6 is 0 Å². The summed E-state index contributed by atoms with van der Waals surface area (Å²) >= 11 is 0. The topological polar surface area (TPSA) is 74.2 Å². The third kappa shape index (κ3) is 5.85. The molecule has 0 bridgehead atoms. The standard InChI is InChI=1S/C21H27FN4O3S/c1-23-21(24-11-16-29-19-7-9-20(10-8-19)30(2,27)28)26-14-12-25(13-15-26)18-5-3-17(22)4-6-18/h3-10H,11-16H2,1-2H3,(H,23,24). The molecule has 7 nitrogen and oxygen atoms in total. The first-order valence-electron chi connectivity index (χ1n) is 9.76. The summed E-state index contributed by atoms with van der Waals surface area (Å²) in [6.45, 7) is 4.27. The van der Waals surface area contributed by atoms with Gasteiger partial charge in [-0.25, -0.2) is 12.8 Å². The maximum Gasteiger partial charge on any atom is 0.193 e. The Balaban J connectivity index is 1.42. The highest BCUT2D eigenvalue weighted by atomic mass is 32.2. The molecule has 0 spiro atoms. The van der Waals surface area contributed by atoms with Crippen LogP contribution in [0.2, 0.25) is 0 Å². The summed E-state index contributed by atoms with van der Waals surface area (Å²) in [5.74, 6) is 1.20. The monoisotopic (exact) mass is 434 g/mol. The van der Waals surface area contributed by atoms with Gasteiger partial charge in [-0.1, -0.05) is 0 Å². The van der Waals surface area contributed by atoms with Crippen LogP contribution in [-0.4, -0.2) is 71.9 Å². The number of benzene rings is 2. The Labute approximate surface area is 177 Å². The first-order valence-corrected chi connectivity index (χ1v) is 11.6. The van der Waals surface area contributed by atoms with Crippen LogP contribution in [0.25, 0.3) is 0 Å². The van der Waals surface area contributed by atoms with Gasteiger partial charge in [0.05, 0.1) is 11.4 Å². The van der Waals surface area contributed by atoms with Gasteiger partial charge in [-0.05, 0) is 48.5 Å². The summed E-state index contributed by atoms with van der Waals surface area (Å²) in [6.07, 6.45) is 1.18. The molecule has 9 heteroatoms. The molecule has 0 radical (unpaired) electrons. The summed E-state index contributed by atoms with van der Waals surface area (Å²) < 4.78 is 41.8. The molecule has 0 amide bonds. The molecule has 2 aromatic carbocycles. The third-order valence-corrected chi connectivity index (χ3v) is 6.02. The van der Waals surface area contributed by atoms with Crippen LogP contribution in [0, 0.1) is 5.82 Å². The van der Waals surface area contributed by atoms with Crippen molar-refractivity contribution in [1.82, 2.24) is 10.2 Å². The molecule has 1 saturated heterocycles. The molecule has 1 fully saturated rings. The predicted octanol–water partition coefficient (Wildman–Crippen LogP) is 2.01. The van der Waals surface area contributed by atoms with E-state index in [2.05, 4.69) is 20.1 Å². The Morgan fingerprint density at radius 1 is 1.07 bits per heavy atom. The molecule has 0 atom stereocenters. The summed E-state index contributed by atoms with van der Waals surface area (Å²) in [5.41, 5.74) is 1.02. The van der Waals surface area contributed by atoms with E-state index >= 15 is 0 Å². The van der Waals surface area contributed by atoms with Crippen LogP contribution in [0.3, 0.4) is 0 Å². The van der Waals surface area contributed by atoms with E-state index in [0.717, 1.165) is 37.8 Å². The van der Waals surface area contributed by atoms with Crippen molar-refractivity contribution in [3.05, 3.63) is 54.3 Å². The number of anilines is 1. The van der Waals surface area contributed by atoms with E-state index in [4.69, 9.17) is 4.74 Å². The number of rotatable bonds is 6. The van der Waals surface area contributed by atoms with Gasteiger partial charge < -0.3 is 19.9 Å². The highest BCUT2D eigenvalue weighted by Gasteiger charge is 2.19. The van der Waals surface area contributed by atoms with E-state index in [1.54, 1.807) is 31.3 Å². The van der Waals surface area contributed by atoms with Crippen LogP contribution in [0.4, 0.5) is 10.1 Å². The van der Waals surface area contributed by atoms with E-state index < -0.39 is 9.84 Å². The fourth-order valence-electron chi connectivity index (χ4n) is 3.28. The summed E-state index contributed by atoms with van der Waals surface area (Å²) in [4.78, 5) is 9.03. The highest BCUT2D eigenvalue weighted by molar-refractivity contribution is 7.90. The molecule has 30 heavy (non-hydrogen) atoms. The van der Waals surface area contributed by atoms with Crippen LogP contribution < -0.4 is 15.0 Å². The molecule has 0 aromatic heterocycles. The largest absolute Gasteiger partial charge is 0.492 e. The molecule has 1 aliphatic heterocycles. The molecule has 1 heterocycles. The quantitative estimate of drug-likeness (QED) is 0.426. The van der Waals surface area contributed by atoms with E-state index in [1.807, 2.05) is 0 Å². The van der Waals surface area contributed by atoms with Crippen molar-refractivity contribution < 1.29 is 17.5 Å². The number of sulfone groups is 1. The Bertz CT molecular complexity index is 955. The molecule has 2 aromatic rings. The molecular weight excluding hydrogens is 407 g/mol. The normalized spacial score (nSPS) is 15.2. The molecule has 1 aliphatic rings. The van der Waals surface area contributed by atoms with Gasteiger partial charge in [0.15, 0.2) is 15.8 Å². The second-order valence-corrected chi connectivity index (χ2v) is 9.03. The zero-order valence-electron chi connectivity index (χ0n) is 17.2. The molecule has 0 saturated carbocycles.